The van der Waals surface area contributed by atoms with Gasteiger partial charge >= 0.3 is 0 Å². The molecule has 0 spiro atoms. The molecule has 0 fully saturated rings. The van der Waals surface area contributed by atoms with Crippen LogP contribution in [-0.4, -0.2) is 0 Å². The van der Waals surface area contributed by atoms with Crippen molar-refractivity contribution in [3.8, 4) is 44.5 Å². The van der Waals surface area contributed by atoms with Crippen LogP contribution < -0.4 is 4.90 Å². The van der Waals surface area contributed by atoms with Gasteiger partial charge in [0.25, 0.3) is 0 Å². The maximum absolute atomic E-state index is 6.35. The molecule has 12 aromatic rings. The van der Waals surface area contributed by atoms with Gasteiger partial charge in [0.1, 0.15) is 11.2 Å². The molecule has 0 radical (unpaired) electrons. The van der Waals surface area contributed by atoms with Crippen molar-refractivity contribution < 1.29 is 4.42 Å². The summed E-state index contributed by atoms with van der Waals surface area (Å²) in [6, 6.07) is 95.1. The van der Waals surface area contributed by atoms with Crippen molar-refractivity contribution in [2.24, 2.45) is 0 Å². The zero-order chi connectivity index (χ0) is 44.3. The van der Waals surface area contributed by atoms with Gasteiger partial charge in [0.2, 0.25) is 0 Å². The summed E-state index contributed by atoms with van der Waals surface area (Å²) in [7, 11) is 0. The van der Waals surface area contributed by atoms with Crippen LogP contribution >= 0.6 is 0 Å². The SMILES string of the molecule is c1ccc(C2(c3ccccc3)c3ccccc3-c3ccc(-c4ccc(N(c5ccc6oc7ccccc7c6c5)c5ccccc5-c5cccc(-c6cccc7ccccc67)c5)cc4)cc32)cc1. The molecule has 1 aliphatic rings. The number of nitrogens with zero attached hydrogens (tertiary/aromatic N) is 1. The van der Waals surface area contributed by atoms with Gasteiger partial charge in [-0.2, -0.15) is 0 Å². The fraction of sp³-hybridized carbons (Fsp3) is 0.0154. The summed E-state index contributed by atoms with van der Waals surface area (Å²) < 4.78 is 6.35. The van der Waals surface area contributed by atoms with Gasteiger partial charge in [0.05, 0.1) is 11.1 Å². The van der Waals surface area contributed by atoms with Gasteiger partial charge < -0.3 is 9.32 Å². The van der Waals surface area contributed by atoms with Crippen LogP contribution in [0.5, 0.6) is 0 Å². The van der Waals surface area contributed by atoms with E-state index in [0.717, 1.165) is 55.7 Å². The summed E-state index contributed by atoms with van der Waals surface area (Å²) in [5, 5.41) is 4.67. The minimum Gasteiger partial charge on any atom is -0.456 e. The molecule has 67 heavy (non-hydrogen) atoms. The summed E-state index contributed by atoms with van der Waals surface area (Å²) >= 11 is 0. The second kappa shape index (κ2) is 15.8. The van der Waals surface area contributed by atoms with Crippen molar-refractivity contribution in [1.82, 2.24) is 0 Å². The molecule has 314 valence electrons. The Morgan fingerprint density at radius 1 is 0.299 bits per heavy atom. The zero-order valence-electron chi connectivity index (χ0n) is 36.7. The Balaban J connectivity index is 0.962. The number of furan rings is 1. The number of rotatable bonds is 8. The quantitative estimate of drug-likeness (QED) is 0.151. The van der Waals surface area contributed by atoms with E-state index < -0.39 is 5.41 Å². The van der Waals surface area contributed by atoms with Crippen LogP contribution in [0.15, 0.2) is 265 Å². The molecule has 0 unspecified atom stereocenters. The predicted molar refractivity (Wildman–Crippen MR) is 280 cm³/mol. The molecule has 11 aromatic carbocycles. The summed E-state index contributed by atoms with van der Waals surface area (Å²) in [6.45, 7) is 0. The van der Waals surface area contributed by atoms with Gasteiger partial charge in [0.15, 0.2) is 0 Å². The molecule has 13 rings (SSSR count). The maximum atomic E-state index is 6.35. The lowest BCUT2D eigenvalue weighted by Gasteiger charge is -2.34. The molecule has 0 aliphatic heterocycles. The number of fused-ring (bicyclic) bond motifs is 7. The predicted octanol–water partition coefficient (Wildman–Crippen LogP) is 17.6. The Kier molecular flexibility index (Phi) is 9.11. The van der Waals surface area contributed by atoms with Crippen molar-refractivity contribution in [2.75, 3.05) is 4.90 Å². The lowest BCUT2D eigenvalue weighted by Crippen LogP contribution is -2.28. The third-order valence-electron chi connectivity index (χ3n) is 14.0. The van der Waals surface area contributed by atoms with Crippen LogP contribution in [0.25, 0.3) is 77.2 Å². The maximum Gasteiger partial charge on any atom is 0.135 e. The first kappa shape index (κ1) is 38.7. The summed E-state index contributed by atoms with van der Waals surface area (Å²) in [4.78, 5) is 2.40. The van der Waals surface area contributed by atoms with E-state index >= 15 is 0 Å². The van der Waals surface area contributed by atoms with Gasteiger partial charge in [-0.3, -0.25) is 0 Å². The molecular weight excluding hydrogens is 811 g/mol. The second-order valence-electron chi connectivity index (χ2n) is 17.6. The third-order valence-corrected chi connectivity index (χ3v) is 14.0. The molecule has 2 heteroatoms. The highest BCUT2D eigenvalue weighted by Crippen LogP contribution is 2.57. The molecule has 0 saturated heterocycles. The molecule has 0 bridgehead atoms. The van der Waals surface area contributed by atoms with Gasteiger partial charge in [0, 0.05) is 27.7 Å². The van der Waals surface area contributed by atoms with Gasteiger partial charge in [-0.05, 0) is 127 Å². The summed E-state index contributed by atoms with van der Waals surface area (Å²) in [6.07, 6.45) is 0. The topological polar surface area (TPSA) is 16.4 Å². The van der Waals surface area contributed by atoms with Gasteiger partial charge in [-0.1, -0.05) is 206 Å². The fourth-order valence-corrected chi connectivity index (χ4v) is 11.0. The van der Waals surface area contributed by atoms with Gasteiger partial charge in [-0.25, -0.2) is 0 Å². The van der Waals surface area contributed by atoms with E-state index in [1.165, 1.54) is 60.8 Å². The summed E-state index contributed by atoms with van der Waals surface area (Å²) in [5.41, 5.74) is 19.2. The smallest absolute Gasteiger partial charge is 0.135 e. The minimum absolute atomic E-state index is 0.467. The van der Waals surface area contributed by atoms with Crippen molar-refractivity contribution in [1.29, 1.82) is 0 Å². The highest BCUT2D eigenvalue weighted by molar-refractivity contribution is 6.07. The first-order valence-electron chi connectivity index (χ1n) is 23.1. The minimum atomic E-state index is -0.467. The van der Waals surface area contributed by atoms with E-state index in [2.05, 4.69) is 254 Å². The molecule has 0 amide bonds. The second-order valence-corrected chi connectivity index (χ2v) is 17.6. The molecule has 0 atom stereocenters. The van der Waals surface area contributed by atoms with Crippen LogP contribution in [0.1, 0.15) is 22.3 Å². The highest BCUT2D eigenvalue weighted by atomic mass is 16.3. The number of hydrogen-bond donors (Lipinski definition) is 0. The number of hydrogen-bond acceptors (Lipinski definition) is 2. The van der Waals surface area contributed by atoms with Crippen LogP contribution in [0, 0.1) is 0 Å². The Morgan fingerprint density at radius 3 is 1.67 bits per heavy atom. The normalized spacial score (nSPS) is 12.6. The van der Waals surface area contributed by atoms with E-state index in [9.17, 15) is 0 Å². The van der Waals surface area contributed by atoms with Crippen LogP contribution in [0.3, 0.4) is 0 Å². The van der Waals surface area contributed by atoms with E-state index in [-0.39, 0.29) is 0 Å². The van der Waals surface area contributed by atoms with Crippen molar-refractivity contribution in [2.45, 2.75) is 5.41 Å². The van der Waals surface area contributed by atoms with E-state index in [0.29, 0.717) is 0 Å². The number of anilines is 3. The van der Waals surface area contributed by atoms with Crippen LogP contribution in [-0.2, 0) is 5.41 Å². The molecule has 1 heterocycles. The van der Waals surface area contributed by atoms with Crippen LogP contribution in [0.2, 0.25) is 0 Å². The van der Waals surface area contributed by atoms with Crippen molar-refractivity contribution in [3.63, 3.8) is 0 Å². The molecule has 1 aliphatic carbocycles. The highest BCUT2D eigenvalue weighted by Gasteiger charge is 2.46. The molecule has 1 aromatic heterocycles. The van der Waals surface area contributed by atoms with Crippen molar-refractivity contribution >= 4 is 49.8 Å². The molecule has 2 nitrogen and oxygen atoms in total. The third kappa shape index (κ3) is 6.26. The molecule has 0 N–H and O–H groups in total. The van der Waals surface area contributed by atoms with E-state index in [4.69, 9.17) is 4.42 Å². The summed E-state index contributed by atoms with van der Waals surface area (Å²) in [5.74, 6) is 0. The average Bonchev–Trinajstić information content (AvgIpc) is 3.93. The molecular formula is C65H43NO. The number of benzene rings is 11. The lowest BCUT2D eigenvalue weighted by atomic mass is 9.67. The van der Waals surface area contributed by atoms with E-state index in [1.807, 2.05) is 12.1 Å². The first-order chi connectivity index (χ1) is 33.2. The Bertz CT molecular complexity index is 3760. The number of para-hydroxylation sites is 2. The Hall–Kier alpha value is -8.72. The first-order valence-corrected chi connectivity index (χ1v) is 23.1. The lowest BCUT2D eigenvalue weighted by molar-refractivity contribution is 0.669. The van der Waals surface area contributed by atoms with E-state index in [1.54, 1.807) is 0 Å². The molecule has 0 saturated carbocycles. The monoisotopic (exact) mass is 853 g/mol. The zero-order valence-corrected chi connectivity index (χ0v) is 36.7. The van der Waals surface area contributed by atoms with Gasteiger partial charge in [-0.15, -0.1) is 0 Å². The average molecular weight is 854 g/mol. The fourth-order valence-electron chi connectivity index (χ4n) is 11.0. The van der Waals surface area contributed by atoms with Crippen molar-refractivity contribution in [3.05, 3.63) is 283 Å². The van der Waals surface area contributed by atoms with Crippen LogP contribution in [0.4, 0.5) is 17.1 Å². The Labute approximate surface area is 390 Å². The standard InChI is InChI=1S/C65H43NO/c1-3-21-49(22-4-1)65(50-23-5-2-6-24-50)60-30-12-9-27-56(60)57-39-35-46(42-61(57)65)44-33-36-51(37-34-44)66(52-38-40-64-59(43-52)58-28-11-14-32-63(58)67-64)62-31-13-10-26-55(62)48-20-15-19-47(41-48)54-29-16-18-45-17-7-8-25-53(45)54/h1-43H. The Morgan fingerprint density at radius 2 is 0.866 bits per heavy atom. The largest absolute Gasteiger partial charge is 0.456 e.